The summed E-state index contributed by atoms with van der Waals surface area (Å²) in [5, 5.41) is 9.99. The number of carbonyl (C=O) groups is 1. The standard InChI is InChI=1S/C19H18N4O3/c1-12-20-18(23-22-12)17(13-7-3-2-4-8-13)21-19(24)16-11-25-14-9-5-6-10-15(14)26-16/h2-10,16-17H,11H2,1H3,(H,21,24)(H,20,22,23). The molecule has 2 atom stereocenters. The number of para-hydroxylation sites is 2. The number of H-pyrrole nitrogens is 1. The van der Waals surface area contributed by atoms with Gasteiger partial charge in [-0.2, -0.15) is 5.10 Å². The van der Waals surface area contributed by atoms with E-state index < -0.39 is 12.1 Å². The molecule has 7 heteroatoms. The van der Waals surface area contributed by atoms with Crippen LogP contribution in [0.3, 0.4) is 0 Å². The van der Waals surface area contributed by atoms with Crippen molar-refractivity contribution in [1.82, 2.24) is 20.5 Å². The van der Waals surface area contributed by atoms with Crippen LogP contribution in [-0.2, 0) is 4.79 Å². The molecule has 2 heterocycles. The van der Waals surface area contributed by atoms with Gasteiger partial charge in [0.25, 0.3) is 5.91 Å². The lowest BCUT2D eigenvalue weighted by atomic mass is 10.1. The molecule has 0 radical (unpaired) electrons. The molecular formula is C19H18N4O3. The Morgan fingerprint density at radius 3 is 2.62 bits per heavy atom. The Bertz CT molecular complexity index is 910. The quantitative estimate of drug-likeness (QED) is 0.753. The van der Waals surface area contributed by atoms with E-state index in [-0.39, 0.29) is 12.5 Å². The van der Waals surface area contributed by atoms with E-state index >= 15 is 0 Å². The average molecular weight is 350 g/mol. The summed E-state index contributed by atoms with van der Waals surface area (Å²) < 4.78 is 11.4. The van der Waals surface area contributed by atoms with Gasteiger partial charge in [0.15, 0.2) is 17.3 Å². The third kappa shape index (κ3) is 3.23. The molecule has 26 heavy (non-hydrogen) atoms. The van der Waals surface area contributed by atoms with Crippen molar-refractivity contribution in [1.29, 1.82) is 0 Å². The third-order valence-electron chi connectivity index (χ3n) is 4.09. The second-order valence-electron chi connectivity index (χ2n) is 6.00. The monoisotopic (exact) mass is 350 g/mol. The number of nitrogens with zero attached hydrogens (tertiary/aromatic N) is 2. The second kappa shape index (κ2) is 6.87. The summed E-state index contributed by atoms with van der Waals surface area (Å²) in [6, 6.07) is 16.4. The minimum absolute atomic E-state index is 0.150. The van der Waals surface area contributed by atoms with Gasteiger partial charge in [-0.05, 0) is 24.6 Å². The first-order chi connectivity index (χ1) is 12.7. The van der Waals surface area contributed by atoms with E-state index in [0.717, 1.165) is 5.56 Å². The second-order valence-corrected chi connectivity index (χ2v) is 6.00. The number of aryl methyl sites for hydroxylation is 1. The maximum atomic E-state index is 12.8. The van der Waals surface area contributed by atoms with E-state index in [9.17, 15) is 4.79 Å². The van der Waals surface area contributed by atoms with Gasteiger partial charge in [-0.1, -0.05) is 42.5 Å². The van der Waals surface area contributed by atoms with Crippen LogP contribution in [0.15, 0.2) is 54.6 Å². The van der Waals surface area contributed by atoms with Crippen molar-refractivity contribution >= 4 is 5.91 Å². The molecule has 2 N–H and O–H groups in total. The van der Waals surface area contributed by atoms with Crippen molar-refractivity contribution in [3.8, 4) is 11.5 Å². The van der Waals surface area contributed by atoms with E-state index in [1.807, 2.05) is 55.5 Å². The Morgan fingerprint density at radius 1 is 1.15 bits per heavy atom. The molecule has 0 aliphatic carbocycles. The van der Waals surface area contributed by atoms with E-state index in [0.29, 0.717) is 23.1 Å². The molecule has 2 aromatic carbocycles. The Balaban J connectivity index is 1.55. The molecule has 132 valence electrons. The summed E-state index contributed by atoms with van der Waals surface area (Å²) in [4.78, 5) is 17.2. The Labute approximate surface area is 150 Å². The number of carbonyl (C=O) groups excluding carboxylic acids is 1. The molecule has 1 aliphatic heterocycles. The average Bonchev–Trinajstić information content (AvgIpc) is 3.12. The number of benzene rings is 2. The Hall–Kier alpha value is -3.35. The minimum Gasteiger partial charge on any atom is -0.485 e. The molecule has 0 spiro atoms. The first kappa shape index (κ1) is 16.1. The number of fused-ring (bicyclic) bond motifs is 1. The summed E-state index contributed by atoms with van der Waals surface area (Å²) in [6.45, 7) is 1.97. The first-order valence-electron chi connectivity index (χ1n) is 8.33. The topological polar surface area (TPSA) is 89.1 Å². The molecule has 1 amide bonds. The van der Waals surface area contributed by atoms with Gasteiger partial charge in [0.2, 0.25) is 6.10 Å². The van der Waals surface area contributed by atoms with Crippen LogP contribution in [0.2, 0.25) is 0 Å². The largest absolute Gasteiger partial charge is 0.485 e. The summed E-state index contributed by atoms with van der Waals surface area (Å²) in [6.07, 6.45) is -0.740. The summed E-state index contributed by atoms with van der Waals surface area (Å²) >= 11 is 0. The number of rotatable bonds is 4. The number of aromatic amines is 1. The maximum absolute atomic E-state index is 12.8. The molecule has 4 rings (SSSR count). The maximum Gasteiger partial charge on any atom is 0.265 e. The fourth-order valence-electron chi connectivity index (χ4n) is 2.82. The van der Waals surface area contributed by atoms with Crippen LogP contribution in [-0.4, -0.2) is 33.8 Å². The van der Waals surface area contributed by atoms with Gasteiger partial charge in [0.05, 0.1) is 0 Å². The number of hydrogen-bond acceptors (Lipinski definition) is 5. The van der Waals surface area contributed by atoms with E-state index in [2.05, 4.69) is 20.5 Å². The van der Waals surface area contributed by atoms with Gasteiger partial charge in [0.1, 0.15) is 18.5 Å². The van der Waals surface area contributed by atoms with Crippen molar-refractivity contribution in [3.05, 3.63) is 71.8 Å². The van der Waals surface area contributed by atoms with Crippen molar-refractivity contribution in [2.24, 2.45) is 0 Å². The van der Waals surface area contributed by atoms with Gasteiger partial charge >= 0.3 is 0 Å². The summed E-state index contributed by atoms with van der Waals surface area (Å²) in [5.41, 5.74) is 0.886. The summed E-state index contributed by atoms with van der Waals surface area (Å²) in [7, 11) is 0. The fraction of sp³-hybridized carbons (Fsp3) is 0.211. The molecule has 1 aliphatic rings. The van der Waals surface area contributed by atoms with Crippen LogP contribution in [0.5, 0.6) is 11.5 Å². The molecule has 0 saturated heterocycles. The number of aromatic nitrogens is 3. The molecular weight excluding hydrogens is 332 g/mol. The predicted molar refractivity (Wildman–Crippen MR) is 93.9 cm³/mol. The van der Waals surface area contributed by atoms with E-state index in [1.165, 1.54) is 0 Å². The van der Waals surface area contributed by atoms with Crippen LogP contribution in [0.4, 0.5) is 0 Å². The Morgan fingerprint density at radius 2 is 1.88 bits per heavy atom. The van der Waals surface area contributed by atoms with Gasteiger partial charge < -0.3 is 14.8 Å². The van der Waals surface area contributed by atoms with Crippen molar-refractivity contribution in [3.63, 3.8) is 0 Å². The van der Waals surface area contributed by atoms with Gasteiger partial charge in [-0.25, -0.2) is 4.98 Å². The van der Waals surface area contributed by atoms with Gasteiger partial charge in [0, 0.05) is 0 Å². The highest BCUT2D eigenvalue weighted by molar-refractivity contribution is 5.82. The lowest BCUT2D eigenvalue weighted by molar-refractivity contribution is -0.130. The van der Waals surface area contributed by atoms with E-state index in [4.69, 9.17) is 9.47 Å². The number of ether oxygens (including phenoxy) is 2. The minimum atomic E-state index is -0.740. The number of amides is 1. The van der Waals surface area contributed by atoms with Crippen LogP contribution in [0.25, 0.3) is 0 Å². The van der Waals surface area contributed by atoms with Crippen LogP contribution in [0, 0.1) is 6.92 Å². The van der Waals surface area contributed by atoms with E-state index in [1.54, 1.807) is 6.07 Å². The molecule has 0 bridgehead atoms. The normalized spacial score (nSPS) is 16.7. The zero-order chi connectivity index (χ0) is 17.9. The first-order valence-corrected chi connectivity index (χ1v) is 8.33. The fourth-order valence-corrected chi connectivity index (χ4v) is 2.82. The number of nitrogens with one attached hydrogen (secondary N) is 2. The van der Waals surface area contributed by atoms with Gasteiger partial charge in [-0.3, -0.25) is 9.89 Å². The molecule has 7 nitrogen and oxygen atoms in total. The van der Waals surface area contributed by atoms with Crippen LogP contribution >= 0.6 is 0 Å². The molecule has 0 saturated carbocycles. The highest BCUT2D eigenvalue weighted by Crippen LogP contribution is 2.31. The third-order valence-corrected chi connectivity index (χ3v) is 4.09. The number of hydrogen-bond donors (Lipinski definition) is 2. The summed E-state index contributed by atoms with van der Waals surface area (Å²) in [5.74, 6) is 2.10. The molecule has 2 unspecified atom stereocenters. The smallest absolute Gasteiger partial charge is 0.265 e. The lowest BCUT2D eigenvalue weighted by Crippen LogP contribution is -2.45. The van der Waals surface area contributed by atoms with Crippen molar-refractivity contribution < 1.29 is 14.3 Å². The molecule has 0 fully saturated rings. The van der Waals surface area contributed by atoms with Crippen LogP contribution in [0.1, 0.15) is 23.3 Å². The highest BCUT2D eigenvalue weighted by Gasteiger charge is 2.30. The molecule has 1 aromatic heterocycles. The SMILES string of the molecule is Cc1nc(C(NC(=O)C2COc3ccccc3O2)c2ccccc2)n[nH]1. The van der Waals surface area contributed by atoms with Crippen molar-refractivity contribution in [2.75, 3.05) is 6.61 Å². The highest BCUT2D eigenvalue weighted by atomic mass is 16.6. The molecule has 3 aromatic rings. The zero-order valence-corrected chi connectivity index (χ0v) is 14.2. The lowest BCUT2D eigenvalue weighted by Gasteiger charge is -2.27. The van der Waals surface area contributed by atoms with Crippen molar-refractivity contribution in [2.45, 2.75) is 19.1 Å². The Kier molecular flexibility index (Phi) is 4.27. The predicted octanol–water partition coefficient (Wildman–Crippen LogP) is 2.16. The van der Waals surface area contributed by atoms with Gasteiger partial charge in [-0.15, -0.1) is 0 Å². The zero-order valence-electron chi connectivity index (χ0n) is 14.2. The van der Waals surface area contributed by atoms with Crippen LogP contribution < -0.4 is 14.8 Å².